The van der Waals surface area contributed by atoms with E-state index in [1.807, 2.05) is 0 Å². The maximum atomic E-state index is 12.9. The number of Topliss-reactive ketones (excluding diaryl/α,β-unsaturated/α-hetero) is 2. The first-order valence-electron chi connectivity index (χ1n) is 29.9. The summed E-state index contributed by atoms with van der Waals surface area (Å²) in [4.78, 5) is 27.2. The molecule has 3 aromatic heterocycles. The standard InChI is InChI=1S/C17H13F3N4O2S2.C17H10F3N4O2S2.C15H10BrF3O.C15H11F3O.C2H4N4O2S2.CH2Cl2.Br2.2Na.H2O/c2*18-17(19,20)13-3-1-2-12(8-13)10-4-6-11(7-5-10)14-9-24-15(22-14)27-16(23-24)28(21,25)26;16-9-14(20)11-6-4-10(5-7-11)12-2-1-3-13(8-12)15(17,18)19;1-10(19)11-5-7-12(8-6-11)13-3-2-4-14(9-13)15(16,17)18;3-1-5-6-2(9-1)10(4,7)8;2-1-3;1-2;;;/h1-9,15,22H,(H2,21,25,26);1-9H,(H-,21,25,26);1-8H,9H2;2-9H,1H3;(H2,3,5)(H2,4,7,8);1H2;;;;1H2/q;-1;;;;;;2*+1;/p-1. The van der Waals surface area contributed by atoms with Crippen LogP contribution < -0.4 is 80.4 Å². The number of carbonyl (C=O) groups is 2. The molecule has 2 aliphatic heterocycles. The van der Waals surface area contributed by atoms with Gasteiger partial charge < -0.3 is 21.7 Å². The fourth-order valence-corrected chi connectivity index (χ4v) is 14.1. The number of rotatable bonds is 11. The number of alkyl halides is 15. The average Bonchev–Trinajstić information content (AvgIpc) is 1.65. The van der Waals surface area contributed by atoms with Gasteiger partial charge in [-0.05, 0) is 117 Å². The maximum Gasteiger partial charge on any atom is 1.00 e. The molecule has 9 N–H and O–H groups in total. The number of nitrogens with two attached hydrogens (primary N) is 3. The van der Waals surface area contributed by atoms with Crippen LogP contribution in [0.5, 0.6) is 0 Å². The molecule has 5 heterocycles. The van der Waals surface area contributed by atoms with Gasteiger partial charge in [0.2, 0.25) is 23.1 Å². The Morgan fingerprint density at radius 2 is 0.903 bits per heavy atom. The van der Waals surface area contributed by atoms with Gasteiger partial charge in [-0.3, -0.25) is 9.59 Å². The maximum absolute atomic E-state index is 12.9. The number of nitrogens with one attached hydrogen (secondary N) is 2. The monoisotopic (exact) mass is 1940 g/mol. The summed E-state index contributed by atoms with van der Waals surface area (Å²) in [5.74, 6) is -0.142. The molecule has 113 heavy (non-hydrogen) atoms. The van der Waals surface area contributed by atoms with E-state index >= 15 is 0 Å². The third-order valence-electron chi connectivity index (χ3n) is 14.4. The molecule has 0 aliphatic carbocycles. The molecule has 46 heteroatoms. The Kier molecular flexibility index (Phi) is 37.5. The predicted molar refractivity (Wildman–Crippen MR) is 414 cm³/mol. The zero-order chi connectivity index (χ0) is 81.5. The van der Waals surface area contributed by atoms with Crippen LogP contribution in [0.4, 0.5) is 57.8 Å². The number of imidazole rings is 1. The molecule has 21 nitrogen and oxygen atoms in total. The first kappa shape index (κ1) is 99.2. The summed E-state index contributed by atoms with van der Waals surface area (Å²) in [5.41, 5.74) is 10.1. The van der Waals surface area contributed by atoms with Crippen molar-refractivity contribution < 1.29 is 152 Å². The van der Waals surface area contributed by atoms with Crippen molar-refractivity contribution in [3.05, 3.63) is 251 Å². The second kappa shape index (κ2) is 42.8. The van der Waals surface area contributed by atoms with Crippen molar-refractivity contribution in [2.75, 3.05) is 16.4 Å². The first-order valence-corrected chi connectivity index (χ1v) is 42.9. The van der Waals surface area contributed by atoms with Gasteiger partial charge in [0.05, 0.1) is 56.7 Å². The molecule has 0 bridgehead atoms. The van der Waals surface area contributed by atoms with E-state index in [9.17, 15) is 87.5 Å². The molecule has 0 radical (unpaired) electrons. The Bertz CT molecular complexity index is 5470. The minimum absolute atomic E-state index is 0. The van der Waals surface area contributed by atoms with Crippen molar-refractivity contribution in [2.24, 2.45) is 15.4 Å². The smallest absolute Gasteiger partial charge is 0.870 e. The topological polar surface area (TPSA) is 352 Å². The van der Waals surface area contributed by atoms with Crippen LogP contribution in [0.3, 0.4) is 0 Å². The van der Waals surface area contributed by atoms with E-state index in [2.05, 4.69) is 74.9 Å². The van der Waals surface area contributed by atoms with E-state index in [1.165, 1.54) is 46.9 Å². The summed E-state index contributed by atoms with van der Waals surface area (Å²) >= 11 is 20.6. The van der Waals surface area contributed by atoms with E-state index in [-0.39, 0.29) is 105 Å². The predicted octanol–water partition coefficient (Wildman–Crippen LogP) is 13.3. The van der Waals surface area contributed by atoms with Crippen molar-refractivity contribution in [3.63, 3.8) is 0 Å². The number of primary sulfonamides is 2. The van der Waals surface area contributed by atoms with Crippen LogP contribution >= 0.6 is 102 Å². The van der Waals surface area contributed by atoms with E-state index < -0.39 is 82.5 Å². The number of nitrogen functional groups attached to an aromatic ring is 1. The molecular formula is C67H51Br3Cl2F12N12Na2O9S6. The largest absolute Gasteiger partial charge is 1.00 e. The number of hydrogen-bond donors (Lipinski definition) is 4. The molecule has 0 saturated heterocycles. The number of nitrogens with zero attached hydrogens (tertiary/aromatic N) is 7. The van der Waals surface area contributed by atoms with Gasteiger partial charge in [-0.2, -0.15) is 52.7 Å². The summed E-state index contributed by atoms with van der Waals surface area (Å²) in [5, 5.41) is 36.1. The molecule has 13 rings (SSSR count). The Morgan fingerprint density at radius 3 is 1.20 bits per heavy atom. The van der Waals surface area contributed by atoms with Gasteiger partial charge in [-0.1, -0.05) is 184 Å². The number of halogens is 17. The molecule has 1 atom stereocenters. The normalized spacial score (nSPS) is 13.0. The van der Waals surface area contributed by atoms with Crippen LogP contribution in [0.15, 0.2) is 220 Å². The number of sulfonamides is 3. The van der Waals surface area contributed by atoms with E-state index in [0.717, 1.165) is 88.5 Å². The average molecular weight is 1950 g/mol. The number of hydrazone groups is 1. The number of hydrogen-bond acceptors (Lipinski definition) is 20. The van der Waals surface area contributed by atoms with Crippen LogP contribution in [0.25, 0.3) is 71.6 Å². The van der Waals surface area contributed by atoms with Gasteiger partial charge in [0.1, 0.15) is 10.0 Å². The Hall–Kier alpha value is -6.21. The number of aromatic nitrogens is 5. The quantitative estimate of drug-likeness (QED) is 0.0404. The molecule has 11 aromatic rings. The van der Waals surface area contributed by atoms with Crippen LogP contribution in [0.1, 0.15) is 55.5 Å². The summed E-state index contributed by atoms with van der Waals surface area (Å²) in [6.07, 6.45) is -14.3. The van der Waals surface area contributed by atoms with Crippen LogP contribution in [-0.2, 0) is 54.8 Å². The number of anilines is 1. The molecule has 0 spiro atoms. The molecule has 0 amide bonds. The van der Waals surface area contributed by atoms with Gasteiger partial charge in [-0.15, -0.1) is 43.6 Å². The molecule has 590 valence electrons. The number of fused-ring (bicyclic) bond motifs is 2. The SMILES string of the molecule is BrBr.CC(=O)c1ccc(-c2cccc(C(F)(F)F)c2)cc1.ClCCl.NS(=O)(=O)C1=NN2C=C(c3ccc(-c4cccc(C(F)(F)F)c4)cc3)NC2S1.Nc1nnc(S(N)(=O)=O)s1.O=C(CBr)c1ccc(-c2cccc(C(F)(F)F)c2)cc1.[NH-]S(=O)(=O)c1nn2cc(-c3ccc(-c4cccc(C(F)(F)F)c4)cc3)nc2s1.[Na+].[Na+].[OH-]. The van der Waals surface area contributed by atoms with Gasteiger partial charge in [-0.25, -0.2) is 50.0 Å². The minimum Gasteiger partial charge on any atom is -0.870 e. The van der Waals surface area contributed by atoms with E-state index in [4.69, 9.17) is 44.4 Å². The van der Waals surface area contributed by atoms with Crippen LogP contribution in [0.2, 0.25) is 0 Å². The van der Waals surface area contributed by atoms with E-state index in [1.54, 1.807) is 128 Å². The molecule has 8 aromatic carbocycles. The Balaban J connectivity index is 0.000000300. The molecule has 0 saturated carbocycles. The minimum atomic E-state index is -4.41. The summed E-state index contributed by atoms with van der Waals surface area (Å²) in [6.45, 7) is 1.44. The third-order valence-corrected chi connectivity index (χ3v) is 21.6. The molecular weight excluding hydrogens is 1890 g/mol. The fourth-order valence-electron chi connectivity index (χ4n) is 9.36. The number of ketones is 2. The van der Waals surface area contributed by atoms with Gasteiger partial charge in [0, 0.05) is 44.9 Å². The molecule has 1 unspecified atom stereocenters. The van der Waals surface area contributed by atoms with Gasteiger partial charge >= 0.3 is 83.8 Å². The zero-order valence-electron chi connectivity index (χ0n) is 57.6. The number of carbonyl (C=O) groups excluding carboxylic acids is 2. The molecule has 2 aliphatic rings. The number of benzene rings is 8. The first-order chi connectivity index (χ1) is 51.4. The Morgan fingerprint density at radius 1 is 0.540 bits per heavy atom. The van der Waals surface area contributed by atoms with Crippen molar-refractivity contribution in [3.8, 4) is 55.8 Å². The summed E-state index contributed by atoms with van der Waals surface area (Å²) < 4.78 is 220. The summed E-state index contributed by atoms with van der Waals surface area (Å²) in [7, 11) is -11.7. The van der Waals surface area contributed by atoms with Crippen molar-refractivity contribution >= 4 is 164 Å². The second-order valence-corrected chi connectivity index (χ2v) is 31.5. The van der Waals surface area contributed by atoms with Crippen molar-refractivity contribution in [2.45, 2.75) is 45.8 Å². The fraction of sp³-hybridized carbons (Fsp3) is 0.119. The van der Waals surface area contributed by atoms with Crippen molar-refractivity contribution in [1.29, 1.82) is 0 Å². The van der Waals surface area contributed by atoms with Gasteiger partial charge in [0.15, 0.2) is 17.1 Å². The number of thioether (sulfide) groups is 1. The van der Waals surface area contributed by atoms with Crippen LogP contribution in [-0.4, -0.2) is 92.6 Å². The Labute approximate surface area is 727 Å². The van der Waals surface area contributed by atoms with Gasteiger partial charge in [0.25, 0.3) is 20.0 Å². The van der Waals surface area contributed by atoms with Crippen LogP contribution in [0, 0.1) is 0 Å². The zero-order valence-corrected chi connectivity index (χ0v) is 72.7. The van der Waals surface area contributed by atoms with E-state index in [0.29, 0.717) is 77.5 Å². The summed E-state index contributed by atoms with van der Waals surface area (Å²) in [6, 6.07) is 47.2. The third kappa shape index (κ3) is 28.8. The van der Waals surface area contributed by atoms with Crippen molar-refractivity contribution in [1.82, 2.24) is 35.1 Å². The second-order valence-electron chi connectivity index (χ2n) is 22.0. The molecule has 0 fully saturated rings.